The fourth-order valence-electron chi connectivity index (χ4n) is 1.75. The number of rotatable bonds is 3. The molecule has 0 saturated carbocycles. The first-order chi connectivity index (χ1) is 8.07. The van der Waals surface area contributed by atoms with Crippen LogP contribution in [0.5, 0.6) is 0 Å². The molecule has 0 bridgehead atoms. The molecule has 0 fully saturated rings. The summed E-state index contributed by atoms with van der Waals surface area (Å²) in [6.07, 6.45) is 0. The van der Waals surface area contributed by atoms with Gasteiger partial charge >= 0.3 is 0 Å². The van der Waals surface area contributed by atoms with Crippen LogP contribution in [0.25, 0.3) is 0 Å². The van der Waals surface area contributed by atoms with Crippen molar-refractivity contribution in [3.63, 3.8) is 0 Å². The number of fused-ring (bicyclic) bond motifs is 1. The first-order valence-corrected chi connectivity index (χ1v) is 4.86. The molecule has 1 N–H and O–H groups in total. The second-order valence-electron chi connectivity index (χ2n) is 3.54. The molecule has 0 spiro atoms. The van der Waals surface area contributed by atoms with Gasteiger partial charge in [-0.3, -0.25) is 14.5 Å². The Balaban J connectivity index is 2.46. The summed E-state index contributed by atoms with van der Waals surface area (Å²) in [6, 6.07) is 4.35. The van der Waals surface area contributed by atoms with Crippen LogP contribution in [0.3, 0.4) is 0 Å². The molecule has 1 aliphatic rings. The Morgan fingerprint density at radius 3 is 2.06 bits per heavy atom. The van der Waals surface area contributed by atoms with E-state index in [0.717, 1.165) is 0 Å². The van der Waals surface area contributed by atoms with Crippen molar-refractivity contribution in [3.8, 4) is 0 Å². The van der Waals surface area contributed by atoms with Crippen molar-refractivity contribution < 1.29 is 24.6 Å². The molecule has 88 valence electrons. The van der Waals surface area contributed by atoms with E-state index in [9.17, 15) is 19.5 Å². The number of carbonyl (C=O) groups is 3. The molecule has 1 aromatic rings. The van der Waals surface area contributed by atoms with Gasteiger partial charge in [-0.05, 0) is 12.1 Å². The summed E-state index contributed by atoms with van der Waals surface area (Å²) in [6.45, 7) is -0.867. The summed E-state index contributed by atoms with van der Waals surface area (Å²) in [5, 5.41) is 19.6. The lowest BCUT2D eigenvalue weighted by atomic mass is 10.1. The Bertz CT molecular complexity index is 475. The predicted octanol–water partition coefficient (Wildman–Crippen LogP) is -1.61. The summed E-state index contributed by atoms with van der Waals surface area (Å²) in [5.41, 5.74) is 0.273. The Labute approximate surface area is 96.1 Å². The van der Waals surface area contributed by atoms with Gasteiger partial charge in [0.05, 0.1) is 23.7 Å². The molecule has 0 unspecified atom stereocenters. The highest BCUT2D eigenvalue weighted by molar-refractivity contribution is 6.22. The summed E-state index contributed by atoms with van der Waals surface area (Å²) < 4.78 is 0. The molecule has 0 saturated heterocycles. The van der Waals surface area contributed by atoms with Gasteiger partial charge in [-0.25, -0.2) is 0 Å². The van der Waals surface area contributed by atoms with Crippen molar-refractivity contribution in [1.29, 1.82) is 0 Å². The van der Waals surface area contributed by atoms with Crippen molar-refractivity contribution in [1.82, 2.24) is 4.90 Å². The number of carboxylic acids is 1. The first kappa shape index (κ1) is 11.3. The molecule has 1 aromatic carbocycles. The molecular formula is C11H8NO5-. The molecule has 6 heteroatoms. The second-order valence-corrected chi connectivity index (χ2v) is 3.54. The summed E-state index contributed by atoms with van der Waals surface area (Å²) >= 11 is 0. The number of imide groups is 1. The quantitative estimate of drug-likeness (QED) is 0.635. The minimum Gasteiger partial charge on any atom is -0.548 e. The third kappa shape index (κ3) is 1.58. The summed E-state index contributed by atoms with van der Waals surface area (Å²) in [7, 11) is 0. The van der Waals surface area contributed by atoms with Gasteiger partial charge in [-0.15, -0.1) is 0 Å². The molecule has 17 heavy (non-hydrogen) atoms. The monoisotopic (exact) mass is 234 g/mol. The van der Waals surface area contributed by atoms with Crippen molar-refractivity contribution >= 4 is 17.8 Å². The summed E-state index contributed by atoms with van der Waals surface area (Å²) in [5.74, 6) is -3.12. The standard InChI is InChI=1S/C11H9NO5/c13-5-8(11(16)17)12-9(14)6-3-1-2-4-7(6)10(12)15/h1-4,8,13H,5H2,(H,16,17)/p-1/t8-/m1/s1. The van der Waals surface area contributed by atoms with Crippen LogP contribution >= 0.6 is 0 Å². The highest BCUT2D eigenvalue weighted by Gasteiger charge is 2.39. The fourth-order valence-corrected chi connectivity index (χ4v) is 1.75. The molecule has 1 aliphatic heterocycles. The lowest BCUT2D eigenvalue weighted by Crippen LogP contribution is -2.52. The van der Waals surface area contributed by atoms with E-state index >= 15 is 0 Å². The number of carbonyl (C=O) groups excluding carboxylic acids is 3. The zero-order valence-corrected chi connectivity index (χ0v) is 8.62. The number of amides is 2. The van der Waals surface area contributed by atoms with Crippen LogP contribution in [0.2, 0.25) is 0 Å². The van der Waals surface area contributed by atoms with Crippen LogP contribution in [0.4, 0.5) is 0 Å². The molecule has 1 heterocycles. The minimum atomic E-state index is -1.66. The maximum absolute atomic E-state index is 11.8. The summed E-state index contributed by atoms with van der Waals surface area (Å²) in [4.78, 5) is 34.9. The van der Waals surface area contributed by atoms with Crippen LogP contribution in [0.15, 0.2) is 24.3 Å². The van der Waals surface area contributed by atoms with Crippen LogP contribution in [-0.2, 0) is 4.79 Å². The number of benzene rings is 1. The number of carboxylic acid groups (broad SMARTS) is 1. The largest absolute Gasteiger partial charge is 0.548 e. The van der Waals surface area contributed by atoms with Crippen LogP contribution in [-0.4, -0.2) is 40.4 Å². The zero-order valence-electron chi connectivity index (χ0n) is 8.62. The van der Waals surface area contributed by atoms with E-state index in [4.69, 9.17) is 5.11 Å². The van der Waals surface area contributed by atoms with E-state index < -0.39 is 30.4 Å². The van der Waals surface area contributed by atoms with Gasteiger partial charge in [0.2, 0.25) is 0 Å². The molecule has 0 aromatic heterocycles. The Hall–Kier alpha value is -2.21. The van der Waals surface area contributed by atoms with Crippen molar-refractivity contribution in [3.05, 3.63) is 35.4 Å². The molecular weight excluding hydrogens is 226 g/mol. The van der Waals surface area contributed by atoms with E-state index in [2.05, 4.69) is 0 Å². The SMILES string of the molecule is O=C([O-])[C@@H](CO)N1C(=O)c2ccccc2C1=O. The van der Waals surface area contributed by atoms with Gasteiger partial charge < -0.3 is 15.0 Å². The average molecular weight is 234 g/mol. The van der Waals surface area contributed by atoms with E-state index in [1.165, 1.54) is 12.1 Å². The second kappa shape index (κ2) is 3.99. The molecule has 0 aliphatic carbocycles. The Morgan fingerprint density at radius 2 is 1.71 bits per heavy atom. The Morgan fingerprint density at radius 1 is 1.24 bits per heavy atom. The topological polar surface area (TPSA) is 97.7 Å². The Kier molecular flexibility index (Phi) is 2.64. The van der Waals surface area contributed by atoms with E-state index in [1.54, 1.807) is 12.1 Å². The van der Waals surface area contributed by atoms with Crippen molar-refractivity contribution in [2.45, 2.75) is 6.04 Å². The number of nitrogens with zero attached hydrogens (tertiary/aromatic N) is 1. The average Bonchev–Trinajstić information content (AvgIpc) is 2.56. The van der Waals surface area contributed by atoms with E-state index in [1.807, 2.05) is 0 Å². The molecule has 1 atom stereocenters. The number of hydrogen-bond acceptors (Lipinski definition) is 5. The molecule has 0 radical (unpaired) electrons. The molecule has 2 amide bonds. The minimum absolute atomic E-state index is 0.136. The third-order valence-electron chi connectivity index (χ3n) is 2.58. The van der Waals surface area contributed by atoms with E-state index in [0.29, 0.717) is 4.90 Å². The highest BCUT2D eigenvalue weighted by atomic mass is 16.4. The van der Waals surface area contributed by atoms with Gasteiger partial charge in [0, 0.05) is 0 Å². The predicted molar refractivity (Wildman–Crippen MR) is 52.8 cm³/mol. The number of hydrogen-bond donors (Lipinski definition) is 1. The van der Waals surface area contributed by atoms with Gasteiger partial charge in [0.25, 0.3) is 11.8 Å². The van der Waals surface area contributed by atoms with Crippen molar-refractivity contribution in [2.24, 2.45) is 0 Å². The smallest absolute Gasteiger partial charge is 0.262 e. The third-order valence-corrected chi connectivity index (χ3v) is 2.58. The van der Waals surface area contributed by atoms with Gasteiger partial charge in [-0.2, -0.15) is 0 Å². The van der Waals surface area contributed by atoms with Crippen LogP contribution in [0, 0.1) is 0 Å². The van der Waals surface area contributed by atoms with Crippen molar-refractivity contribution in [2.75, 3.05) is 6.61 Å². The molecule has 6 nitrogen and oxygen atoms in total. The lowest BCUT2D eigenvalue weighted by Gasteiger charge is -2.24. The van der Waals surface area contributed by atoms with E-state index in [-0.39, 0.29) is 11.1 Å². The zero-order chi connectivity index (χ0) is 12.6. The van der Waals surface area contributed by atoms with Crippen LogP contribution in [0.1, 0.15) is 20.7 Å². The first-order valence-electron chi connectivity index (χ1n) is 4.86. The maximum Gasteiger partial charge on any atom is 0.262 e. The number of aliphatic hydroxyl groups excluding tert-OH is 1. The number of aliphatic hydroxyl groups is 1. The molecule has 2 rings (SSSR count). The van der Waals surface area contributed by atoms with Gasteiger partial charge in [-0.1, -0.05) is 12.1 Å². The van der Waals surface area contributed by atoms with Gasteiger partial charge in [0.15, 0.2) is 0 Å². The van der Waals surface area contributed by atoms with Crippen LogP contribution < -0.4 is 5.11 Å². The maximum atomic E-state index is 11.8. The highest BCUT2D eigenvalue weighted by Crippen LogP contribution is 2.24. The van der Waals surface area contributed by atoms with Gasteiger partial charge in [0.1, 0.15) is 6.04 Å². The fraction of sp³-hybridized carbons (Fsp3) is 0.182. The normalized spacial score (nSPS) is 15.9. The lowest BCUT2D eigenvalue weighted by molar-refractivity contribution is -0.311. The number of aliphatic carboxylic acids is 1.